The first kappa shape index (κ1) is 6.43. The predicted octanol–water partition coefficient (Wildman–Crippen LogP) is 1.07. The molecule has 7 heavy (non-hydrogen) atoms. The molecule has 2 nitrogen and oxygen atoms in total. The van der Waals surface area contributed by atoms with Crippen molar-refractivity contribution < 1.29 is 0 Å². The van der Waals surface area contributed by atoms with Gasteiger partial charge in [0.15, 0.2) is 0 Å². The van der Waals surface area contributed by atoms with E-state index in [-0.39, 0.29) is 13.0 Å². The van der Waals surface area contributed by atoms with E-state index in [0.717, 1.165) is 0 Å². The number of nitrogens with one attached hydrogen (secondary N) is 1. The number of H-pyrrole nitrogens is 1. The molecule has 0 saturated heterocycles. The van der Waals surface area contributed by atoms with Crippen molar-refractivity contribution in [1.82, 2.24) is 4.37 Å². The lowest BCUT2D eigenvalue weighted by atomic mass is 10.8. The lowest BCUT2D eigenvalue weighted by molar-refractivity contribution is 1.43. The second kappa shape index (κ2) is 2.58. The van der Waals surface area contributed by atoms with Crippen LogP contribution in [-0.4, -0.2) is 4.37 Å². The maximum atomic E-state index is 10.0. The van der Waals surface area contributed by atoms with Crippen LogP contribution in [0.3, 0.4) is 0 Å². The van der Waals surface area contributed by atoms with E-state index in [0.29, 0.717) is 0 Å². The second-order valence-corrected chi connectivity index (χ2v) is 1.60. The van der Waals surface area contributed by atoms with Gasteiger partial charge in [0, 0.05) is 11.4 Å². The molecule has 0 spiro atoms. The fourth-order valence-electron chi connectivity index (χ4n) is 0.222. The maximum Gasteiger partial charge on any atom is 0.257 e. The van der Waals surface area contributed by atoms with Crippen molar-refractivity contribution in [3.8, 4) is 0 Å². The number of aromatic amines is 1. The molecule has 1 rings (SSSR count). The molecule has 0 amide bonds. The van der Waals surface area contributed by atoms with Crippen molar-refractivity contribution in [2.75, 3.05) is 0 Å². The van der Waals surface area contributed by atoms with E-state index in [1.165, 1.54) is 17.6 Å². The van der Waals surface area contributed by atoms with Crippen molar-refractivity contribution in [3.05, 3.63) is 21.8 Å². The Labute approximate surface area is 46.0 Å². The Hall–Kier alpha value is -0.570. The van der Waals surface area contributed by atoms with Crippen molar-refractivity contribution in [3.63, 3.8) is 0 Å². The molecule has 0 bridgehead atoms. The van der Waals surface area contributed by atoms with Gasteiger partial charge in [-0.15, -0.1) is 0 Å². The van der Waals surface area contributed by atoms with Gasteiger partial charge in [-0.3, -0.25) is 9.17 Å². The number of aromatic nitrogens is 1. The average molecular weight is 117 g/mol. The second-order valence-electron chi connectivity index (χ2n) is 0.887. The molecular weight excluding hydrogens is 110 g/mol. The normalized spacial score (nSPS) is 7.43. The van der Waals surface area contributed by atoms with Gasteiger partial charge in [0.1, 0.15) is 0 Å². The van der Waals surface area contributed by atoms with E-state index in [2.05, 4.69) is 4.37 Å². The minimum atomic E-state index is -0.0139. The first-order valence-corrected chi connectivity index (χ1v) is 2.40. The smallest absolute Gasteiger partial charge is 0.257 e. The van der Waals surface area contributed by atoms with Crippen LogP contribution in [0.5, 0.6) is 0 Å². The first-order valence-electron chi connectivity index (χ1n) is 1.52. The van der Waals surface area contributed by atoms with Crippen LogP contribution in [0.4, 0.5) is 0 Å². The van der Waals surface area contributed by atoms with Crippen LogP contribution >= 0.6 is 11.5 Å². The summed E-state index contributed by atoms with van der Waals surface area (Å²) >= 11 is 1.30. The molecule has 1 heterocycles. The van der Waals surface area contributed by atoms with Gasteiger partial charge in [0.05, 0.1) is 0 Å². The number of hydrogen-bond donors (Lipinski definition) is 1. The molecule has 0 fully saturated rings. The van der Waals surface area contributed by atoms with Crippen LogP contribution in [0.1, 0.15) is 7.43 Å². The summed E-state index contributed by atoms with van der Waals surface area (Å²) in [6, 6.07) is 1.49. The van der Waals surface area contributed by atoms with Gasteiger partial charge in [-0.2, -0.15) is 0 Å². The van der Waals surface area contributed by atoms with Crippen LogP contribution in [0.25, 0.3) is 0 Å². The zero-order chi connectivity index (χ0) is 4.41. The first-order chi connectivity index (χ1) is 2.89. The minimum absolute atomic E-state index is 0. The van der Waals surface area contributed by atoms with E-state index >= 15 is 0 Å². The zero-order valence-corrected chi connectivity index (χ0v) is 3.79. The van der Waals surface area contributed by atoms with Gasteiger partial charge >= 0.3 is 0 Å². The molecule has 0 atom stereocenters. The van der Waals surface area contributed by atoms with Crippen molar-refractivity contribution in [2.45, 2.75) is 7.43 Å². The van der Waals surface area contributed by atoms with Gasteiger partial charge in [0.25, 0.3) is 5.56 Å². The third kappa shape index (κ3) is 1.55. The zero-order valence-electron chi connectivity index (χ0n) is 2.97. The highest BCUT2D eigenvalue weighted by Crippen LogP contribution is 1.77. The monoisotopic (exact) mass is 117 g/mol. The Kier molecular flexibility index (Phi) is 2.37. The van der Waals surface area contributed by atoms with E-state index < -0.39 is 0 Å². The Morgan fingerprint density at radius 1 is 1.71 bits per heavy atom. The molecule has 40 valence electrons. The van der Waals surface area contributed by atoms with Gasteiger partial charge in [0.2, 0.25) is 0 Å². The average Bonchev–Trinajstić information content (AvgIpc) is 1.86. The Bertz CT molecular complexity index is 149. The van der Waals surface area contributed by atoms with E-state index in [4.69, 9.17) is 0 Å². The van der Waals surface area contributed by atoms with Crippen molar-refractivity contribution >= 4 is 11.5 Å². The summed E-state index contributed by atoms with van der Waals surface area (Å²) in [6.45, 7) is 0. The molecule has 0 unspecified atom stereocenters. The molecule has 0 radical (unpaired) electrons. The van der Waals surface area contributed by atoms with Gasteiger partial charge in [-0.25, -0.2) is 0 Å². The Morgan fingerprint density at radius 3 is 2.57 bits per heavy atom. The highest BCUT2D eigenvalue weighted by atomic mass is 32.1. The fraction of sp³-hybridized carbons (Fsp3) is 0.250. The molecule has 0 saturated carbocycles. The summed E-state index contributed by atoms with van der Waals surface area (Å²) in [5.74, 6) is 0. The topological polar surface area (TPSA) is 32.9 Å². The van der Waals surface area contributed by atoms with E-state index in [1.54, 1.807) is 5.38 Å². The molecule has 1 aromatic heterocycles. The van der Waals surface area contributed by atoms with Gasteiger partial charge in [-0.1, -0.05) is 19.0 Å². The molecule has 3 heteroatoms. The van der Waals surface area contributed by atoms with Crippen molar-refractivity contribution in [2.24, 2.45) is 0 Å². The summed E-state index contributed by atoms with van der Waals surface area (Å²) in [5, 5.41) is 1.71. The lowest BCUT2D eigenvalue weighted by Gasteiger charge is -1.49. The molecule has 1 aromatic rings. The van der Waals surface area contributed by atoms with Crippen LogP contribution in [0, 0.1) is 0 Å². The summed E-state index contributed by atoms with van der Waals surface area (Å²) in [4.78, 5) is 10.0. The van der Waals surface area contributed by atoms with Crippen molar-refractivity contribution in [1.29, 1.82) is 0 Å². The van der Waals surface area contributed by atoms with Crippen LogP contribution in [0.15, 0.2) is 16.2 Å². The van der Waals surface area contributed by atoms with E-state index in [9.17, 15) is 4.79 Å². The third-order valence-corrected chi connectivity index (χ3v) is 1.04. The molecule has 0 aliphatic carbocycles. The summed E-state index contributed by atoms with van der Waals surface area (Å²) in [6.07, 6.45) is 0. The molecule has 0 aliphatic rings. The summed E-state index contributed by atoms with van der Waals surface area (Å²) < 4.78 is 2.49. The Balaban J connectivity index is 0.000000360. The largest absolute Gasteiger partial charge is 0.278 e. The van der Waals surface area contributed by atoms with Crippen LogP contribution in [-0.2, 0) is 0 Å². The molecule has 1 N–H and O–H groups in total. The maximum absolute atomic E-state index is 10.0. The Morgan fingerprint density at radius 2 is 2.43 bits per heavy atom. The highest BCUT2D eigenvalue weighted by Gasteiger charge is 1.72. The number of hydrogen-bond acceptors (Lipinski definition) is 2. The quantitative estimate of drug-likeness (QED) is 0.541. The molecule has 0 aliphatic heterocycles. The van der Waals surface area contributed by atoms with Gasteiger partial charge < -0.3 is 0 Å². The van der Waals surface area contributed by atoms with Crippen LogP contribution in [0.2, 0.25) is 0 Å². The van der Waals surface area contributed by atoms with Gasteiger partial charge in [-0.05, 0) is 0 Å². The standard InChI is InChI=1S/C3H3NOS.CH4/c5-3-1-2-6-4-3;/h1-2H,(H,4,5);1H4. The predicted molar refractivity (Wildman–Crippen MR) is 31.7 cm³/mol. The highest BCUT2D eigenvalue weighted by molar-refractivity contribution is 7.03. The van der Waals surface area contributed by atoms with Crippen LogP contribution < -0.4 is 5.56 Å². The molecule has 0 aromatic carbocycles. The SMILES string of the molecule is C.O=c1ccs[nH]1. The number of rotatable bonds is 0. The lowest BCUT2D eigenvalue weighted by Crippen LogP contribution is -1.90. The van der Waals surface area contributed by atoms with E-state index in [1.807, 2.05) is 0 Å². The molecular formula is C4H7NOS. The summed E-state index contributed by atoms with van der Waals surface area (Å²) in [7, 11) is 0. The summed E-state index contributed by atoms with van der Waals surface area (Å²) in [5.41, 5.74) is -0.0139. The fourth-order valence-corrected chi connectivity index (χ4v) is 0.666. The third-order valence-electron chi connectivity index (χ3n) is 0.447. The minimum Gasteiger partial charge on any atom is -0.278 e.